The summed E-state index contributed by atoms with van der Waals surface area (Å²) in [6.45, 7) is 3.76. The molecule has 92 valence electrons. The van der Waals surface area contributed by atoms with Crippen LogP contribution >= 0.6 is 0 Å². The Balaban J connectivity index is 2.08. The smallest absolute Gasteiger partial charge is 0.306 e. The molecule has 1 unspecified atom stereocenters. The molecule has 5 heteroatoms. The van der Waals surface area contributed by atoms with Gasteiger partial charge in [0.25, 0.3) is 0 Å². The van der Waals surface area contributed by atoms with Crippen molar-refractivity contribution in [2.45, 2.75) is 26.2 Å². The van der Waals surface area contributed by atoms with Crippen LogP contribution in [0.1, 0.15) is 25.5 Å². The lowest BCUT2D eigenvalue weighted by atomic mass is 10.1. The first kappa shape index (κ1) is 11.8. The van der Waals surface area contributed by atoms with Gasteiger partial charge in [0.2, 0.25) is 0 Å². The van der Waals surface area contributed by atoms with Crippen molar-refractivity contribution < 1.29 is 9.90 Å². The first-order valence-corrected chi connectivity index (χ1v) is 5.95. The molecule has 0 saturated carbocycles. The quantitative estimate of drug-likeness (QED) is 0.853. The lowest BCUT2D eigenvalue weighted by molar-refractivity contribution is -0.141. The molecule has 1 fully saturated rings. The van der Waals surface area contributed by atoms with E-state index in [0.717, 1.165) is 24.6 Å². The molecule has 2 rings (SSSR count). The van der Waals surface area contributed by atoms with E-state index in [9.17, 15) is 4.79 Å². The molecular weight excluding hydrogens is 218 g/mol. The Morgan fingerprint density at radius 2 is 2.18 bits per heavy atom. The molecule has 1 aliphatic rings. The van der Waals surface area contributed by atoms with Gasteiger partial charge in [0.05, 0.1) is 5.92 Å². The average molecular weight is 235 g/mol. The minimum atomic E-state index is -0.786. The van der Waals surface area contributed by atoms with Gasteiger partial charge < -0.3 is 10.0 Å². The fourth-order valence-electron chi connectivity index (χ4n) is 2.02. The molecule has 1 aromatic rings. The molecule has 0 aromatic carbocycles. The van der Waals surface area contributed by atoms with Crippen molar-refractivity contribution in [2.24, 2.45) is 5.92 Å². The number of nitrogens with zero attached hydrogens (tertiary/aromatic N) is 3. The zero-order chi connectivity index (χ0) is 12.3. The van der Waals surface area contributed by atoms with Crippen LogP contribution in [0, 0.1) is 5.92 Å². The molecule has 0 amide bonds. The molecule has 17 heavy (non-hydrogen) atoms. The number of carbonyl (C=O) groups is 1. The van der Waals surface area contributed by atoms with E-state index in [1.54, 1.807) is 6.92 Å². The van der Waals surface area contributed by atoms with Gasteiger partial charge in [0.1, 0.15) is 12.1 Å². The topological polar surface area (TPSA) is 66.3 Å². The number of hydrogen-bond donors (Lipinski definition) is 1. The van der Waals surface area contributed by atoms with E-state index in [1.807, 2.05) is 6.07 Å². The van der Waals surface area contributed by atoms with E-state index < -0.39 is 11.9 Å². The Morgan fingerprint density at radius 1 is 1.47 bits per heavy atom. The Bertz CT molecular complexity index is 402. The average Bonchev–Trinajstić information content (AvgIpc) is 2.82. The van der Waals surface area contributed by atoms with Crippen molar-refractivity contribution in [3.8, 4) is 0 Å². The first-order valence-electron chi connectivity index (χ1n) is 5.95. The molecule has 1 aliphatic heterocycles. The third kappa shape index (κ3) is 2.93. The SMILES string of the molecule is CC(Cc1cc(N2CCCC2)ncn1)C(=O)O. The van der Waals surface area contributed by atoms with Crippen molar-refractivity contribution >= 4 is 11.8 Å². The maximum absolute atomic E-state index is 10.8. The van der Waals surface area contributed by atoms with Crippen molar-refractivity contribution in [3.05, 3.63) is 18.1 Å². The van der Waals surface area contributed by atoms with Crippen molar-refractivity contribution in [1.29, 1.82) is 0 Å². The summed E-state index contributed by atoms with van der Waals surface area (Å²) in [5.41, 5.74) is 0.803. The van der Waals surface area contributed by atoms with Crippen molar-refractivity contribution in [1.82, 2.24) is 9.97 Å². The van der Waals surface area contributed by atoms with E-state index in [1.165, 1.54) is 19.2 Å². The Morgan fingerprint density at radius 3 is 2.82 bits per heavy atom. The second-order valence-electron chi connectivity index (χ2n) is 4.51. The van der Waals surface area contributed by atoms with E-state index in [2.05, 4.69) is 14.9 Å². The molecule has 5 nitrogen and oxygen atoms in total. The molecule has 0 radical (unpaired) electrons. The molecule has 0 spiro atoms. The van der Waals surface area contributed by atoms with E-state index in [4.69, 9.17) is 5.11 Å². The summed E-state index contributed by atoms with van der Waals surface area (Å²) in [5, 5.41) is 8.87. The summed E-state index contributed by atoms with van der Waals surface area (Å²) in [7, 11) is 0. The molecule has 1 N–H and O–H groups in total. The second-order valence-corrected chi connectivity index (χ2v) is 4.51. The van der Waals surface area contributed by atoms with Crippen LogP contribution in [-0.2, 0) is 11.2 Å². The van der Waals surface area contributed by atoms with Crippen molar-refractivity contribution in [2.75, 3.05) is 18.0 Å². The summed E-state index contributed by atoms with van der Waals surface area (Å²) in [6.07, 6.45) is 4.38. The van der Waals surface area contributed by atoms with Crippen molar-refractivity contribution in [3.63, 3.8) is 0 Å². The summed E-state index contributed by atoms with van der Waals surface area (Å²) in [6, 6.07) is 1.91. The third-order valence-electron chi connectivity index (χ3n) is 3.08. The number of carboxylic acids is 1. The Labute approximate surface area is 100 Å². The van der Waals surface area contributed by atoms with Crippen LogP contribution in [0.3, 0.4) is 0 Å². The number of anilines is 1. The predicted octanol–water partition coefficient (Wildman–Crippen LogP) is 1.34. The zero-order valence-corrected chi connectivity index (χ0v) is 9.96. The van der Waals surface area contributed by atoms with Gasteiger partial charge in [-0.05, 0) is 12.8 Å². The van der Waals surface area contributed by atoms with E-state index in [-0.39, 0.29) is 0 Å². The lowest BCUT2D eigenvalue weighted by Crippen LogP contribution is -2.20. The number of aliphatic carboxylic acids is 1. The monoisotopic (exact) mass is 235 g/mol. The van der Waals surface area contributed by atoms with E-state index in [0.29, 0.717) is 6.42 Å². The van der Waals surface area contributed by atoms with Gasteiger partial charge in [-0.25, -0.2) is 9.97 Å². The number of hydrogen-bond acceptors (Lipinski definition) is 4. The lowest BCUT2D eigenvalue weighted by Gasteiger charge is -2.16. The summed E-state index contributed by atoms with van der Waals surface area (Å²) in [5.74, 6) is -0.271. The first-order chi connectivity index (χ1) is 8.16. The van der Waals surface area contributed by atoms with Crippen LogP contribution < -0.4 is 4.90 Å². The Hall–Kier alpha value is -1.65. The van der Waals surface area contributed by atoms with Crippen LogP contribution in [-0.4, -0.2) is 34.1 Å². The van der Waals surface area contributed by atoms with Crippen LogP contribution in [0.25, 0.3) is 0 Å². The molecule has 2 heterocycles. The number of carboxylic acid groups (broad SMARTS) is 1. The van der Waals surface area contributed by atoms with Gasteiger partial charge in [0, 0.05) is 31.3 Å². The van der Waals surface area contributed by atoms with Gasteiger partial charge in [-0.15, -0.1) is 0 Å². The maximum atomic E-state index is 10.8. The molecular formula is C12H17N3O2. The number of aromatic nitrogens is 2. The summed E-state index contributed by atoms with van der Waals surface area (Å²) in [4.78, 5) is 21.4. The number of rotatable bonds is 4. The fraction of sp³-hybridized carbons (Fsp3) is 0.583. The van der Waals surface area contributed by atoms with Crippen LogP contribution in [0.5, 0.6) is 0 Å². The fourth-order valence-corrected chi connectivity index (χ4v) is 2.02. The zero-order valence-electron chi connectivity index (χ0n) is 9.96. The van der Waals surface area contributed by atoms with Gasteiger partial charge >= 0.3 is 5.97 Å². The third-order valence-corrected chi connectivity index (χ3v) is 3.08. The van der Waals surface area contributed by atoms with Crippen LogP contribution in [0.15, 0.2) is 12.4 Å². The predicted molar refractivity (Wildman–Crippen MR) is 64.0 cm³/mol. The standard InChI is InChI=1S/C12H17N3O2/c1-9(12(16)17)6-10-7-11(14-8-13-10)15-4-2-3-5-15/h7-9H,2-6H2,1H3,(H,16,17). The summed E-state index contributed by atoms with van der Waals surface area (Å²) >= 11 is 0. The molecule has 0 bridgehead atoms. The molecule has 1 atom stereocenters. The molecule has 1 saturated heterocycles. The van der Waals surface area contributed by atoms with Crippen LogP contribution in [0.4, 0.5) is 5.82 Å². The highest BCUT2D eigenvalue weighted by Crippen LogP contribution is 2.18. The maximum Gasteiger partial charge on any atom is 0.306 e. The van der Waals surface area contributed by atoms with Gasteiger partial charge in [-0.3, -0.25) is 4.79 Å². The van der Waals surface area contributed by atoms with Crippen LogP contribution in [0.2, 0.25) is 0 Å². The summed E-state index contributed by atoms with van der Waals surface area (Å²) < 4.78 is 0. The van der Waals surface area contributed by atoms with Gasteiger partial charge in [0.15, 0.2) is 0 Å². The Kier molecular flexibility index (Phi) is 3.56. The molecule has 1 aromatic heterocycles. The van der Waals surface area contributed by atoms with Gasteiger partial charge in [-0.2, -0.15) is 0 Å². The second kappa shape index (κ2) is 5.12. The largest absolute Gasteiger partial charge is 0.481 e. The van der Waals surface area contributed by atoms with Gasteiger partial charge in [-0.1, -0.05) is 6.92 Å². The highest BCUT2D eigenvalue weighted by Gasteiger charge is 2.16. The van der Waals surface area contributed by atoms with E-state index >= 15 is 0 Å². The highest BCUT2D eigenvalue weighted by atomic mass is 16.4. The normalized spacial score (nSPS) is 17.1. The minimum Gasteiger partial charge on any atom is -0.481 e. The molecule has 0 aliphatic carbocycles. The minimum absolute atomic E-state index is 0.406. The highest BCUT2D eigenvalue weighted by molar-refractivity contribution is 5.69.